The van der Waals surface area contributed by atoms with E-state index < -0.39 is 0 Å². The number of anilines is 2. The maximum atomic E-state index is 12.2. The fraction of sp³-hybridized carbons (Fsp3) is 0.389. The number of benzene rings is 1. The number of hydrogen-bond donors (Lipinski definition) is 1. The van der Waals surface area contributed by atoms with E-state index in [1.54, 1.807) is 12.4 Å². The molecule has 2 aromatic rings. The lowest BCUT2D eigenvalue weighted by Gasteiger charge is -2.34. The first-order valence-electron chi connectivity index (χ1n) is 8.23. The predicted octanol–water partition coefficient (Wildman–Crippen LogP) is 1.85. The fourth-order valence-electron chi connectivity index (χ4n) is 2.78. The van der Waals surface area contributed by atoms with Crippen LogP contribution in [-0.2, 0) is 4.79 Å². The van der Waals surface area contributed by atoms with E-state index in [0.717, 1.165) is 37.8 Å². The summed E-state index contributed by atoms with van der Waals surface area (Å²) in [5.74, 6) is 0.791. The molecule has 0 radical (unpaired) electrons. The van der Waals surface area contributed by atoms with Gasteiger partial charge in [0.25, 0.3) is 0 Å². The molecule has 1 saturated heterocycles. The maximum Gasteiger partial charge on any atom is 0.238 e. The first-order valence-corrected chi connectivity index (χ1v) is 8.23. The Labute approximate surface area is 142 Å². The third-order valence-corrected chi connectivity index (χ3v) is 4.37. The first kappa shape index (κ1) is 16.4. The van der Waals surface area contributed by atoms with Crippen molar-refractivity contribution in [2.45, 2.75) is 13.8 Å². The predicted molar refractivity (Wildman–Crippen MR) is 95.2 cm³/mol. The number of amides is 1. The van der Waals surface area contributed by atoms with Crippen LogP contribution in [0, 0.1) is 13.8 Å². The van der Waals surface area contributed by atoms with E-state index >= 15 is 0 Å². The highest BCUT2D eigenvalue weighted by Gasteiger charge is 2.20. The van der Waals surface area contributed by atoms with Crippen LogP contribution < -0.4 is 10.2 Å². The van der Waals surface area contributed by atoms with Gasteiger partial charge in [-0.3, -0.25) is 9.69 Å². The number of rotatable bonds is 4. The molecule has 1 N–H and O–H groups in total. The molecule has 1 aromatic carbocycles. The zero-order valence-corrected chi connectivity index (χ0v) is 14.2. The number of carbonyl (C=O) groups excluding carboxylic acids is 1. The Hall–Kier alpha value is -2.47. The summed E-state index contributed by atoms with van der Waals surface area (Å²) in [6, 6.07) is 7.81. The molecule has 0 bridgehead atoms. The minimum absolute atomic E-state index is 0.0302. The number of carbonyl (C=O) groups is 1. The average molecular weight is 325 g/mol. The number of piperazine rings is 1. The lowest BCUT2D eigenvalue weighted by atomic mass is 10.1. The van der Waals surface area contributed by atoms with Gasteiger partial charge in [0.2, 0.25) is 11.9 Å². The van der Waals surface area contributed by atoms with Crippen LogP contribution in [0.3, 0.4) is 0 Å². The second-order valence-corrected chi connectivity index (χ2v) is 6.16. The Kier molecular flexibility index (Phi) is 5.05. The van der Waals surface area contributed by atoms with Gasteiger partial charge in [0, 0.05) is 44.3 Å². The molecule has 0 unspecified atom stereocenters. The van der Waals surface area contributed by atoms with Gasteiger partial charge in [-0.25, -0.2) is 9.97 Å². The van der Waals surface area contributed by atoms with E-state index in [0.29, 0.717) is 6.54 Å². The highest BCUT2D eigenvalue weighted by Crippen LogP contribution is 2.14. The minimum Gasteiger partial charge on any atom is -0.338 e. The van der Waals surface area contributed by atoms with Crippen molar-refractivity contribution < 1.29 is 4.79 Å². The van der Waals surface area contributed by atoms with E-state index in [1.165, 1.54) is 11.1 Å². The van der Waals surface area contributed by atoms with Crippen molar-refractivity contribution in [3.8, 4) is 0 Å². The molecule has 0 atom stereocenters. The molecule has 0 spiro atoms. The normalized spacial score (nSPS) is 15.3. The van der Waals surface area contributed by atoms with Gasteiger partial charge >= 0.3 is 0 Å². The number of aromatic nitrogens is 2. The topological polar surface area (TPSA) is 61.4 Å². The molecule has 0 saturated carbocycles. The molecule has 6 nitrogen and oxygen atoms in total. The molecule has 2 heterocycles. The zero-order chi connectivity index (χ0) is 16.9. The molecule has 1 aliphatic heterocycles. The van der Waals surface area contributed by atoms with Gasteiger partial charge < -0.3 is 10.2 Å². The second-order valence-electron chi connectivity index (χ2n) is 6.16. The number of nitrogens with one attached hydrogen (secondary N) is 1. The molecule has 1 amide bonds. The second kappa shape index (κ2) is 7.40. The monoisotopic (exact) mass is 325 g/mol. The number of aryl methyl sites for hydroxylation is 2. The van der Waals surface area contributed by atoms with Crippen molar-refractivity contribution >= 4 is 17.5 Å². The van der Waals surface area contributed by atoms with Crippen molar-refractivity contribution in [2.75, 3.05) is 42.9 Å². The minimum atomic E-state index is 0.0302. The van der Waals surface area contributed by atoms with Gasteiger partial charge in [0.15, 0.2) is 0 Å². The third-order valence-electron chi connectivity index (χ3n) is 4.37. The van der Waals surface area contributed by atoms with Crippen molar-refractivity contribution in [3.05, 3.63) is 47.8 Å². The van der Waals surface area contributed by atoms with E-state index in [1.807, 2.05) is 24.3 Å². The van der Waals surface area contributed by atoms with E-state index in [4.69, 9.17) is 0 Å². The van der Waals surface area contributed by atoms with E-state index in [9.17, 15) is 4.79 Å². The summed E-state index contributed by atoms with van der Waals surface area (Å²) in [4.78, 5) is 25.1. The molecular weight excluding hydrogens is 302 g/mol. The maximum absolute atomic E-state index is 12.2. The first-order chi connectivity index (χ1) is 11.6. The van der Waals surface area contributed by atoms with Crippen LogP contribution in [0.25, 0.3) is 0 Å². The van der Waals surface area contributed by atoms with Crippen molar-refractivity contribution in [1.29, 1.82) is 0 Å². The zero-order valence-electron chi connectivity index (χ0n) is 14.2. The Morgan fingerprint density at radius 3 is 2.46 bits per heavy atom. The molecular formula is C18H23N5O. The Balaban J connectivity index is 1.49. The van der Waals surface area contributed by atoms with Crippen molar-refractivity contribution in [2.24, 2.45) is 0 Å². The summed E-state index contributed by atoms with van der Waals surface area (Å²) in [7, 11) is 0. The summed E-state index contributed by atoms with van der Waals surface area (Å²) < 4.78 is 0. The van der Waals surface area contributed by atoms with Crippen LogP contribution in [0.15, 0.2) is 36.7 Å². The molecule has 24 heavy (non-hydrogen) atoms. The Morgan fingerprint density at radius 1 is 1.08 bits per heavy atom. The van der Waals surface area contributed by atoms with Crippen LogP contribution in [0.5, 0.6) is 0 Å². The molecule has 1 fully saturated rings. The van der Waals surface area contributed by atoms with Crippen LogP contribution >= 0.6 is 0 Å². The van der Waals surface area contributed by atoms with Crippen molar-refractivity contribution in [3.63, 3.8) is 0 Å². The SMILES string of the molecule is Cc1ccc(NC(=O)CN2CCN(c3ncccn3)CC2)cc1C. The number of hydrogen-bond acceptors (Lipinski definition) is 5. The smallest absolute Gasteiger partial charge is 0.238 e. The highest BCUT2D eigenvalue weighted by molar-refractivity contribution is 5.92. The molecule has 1 aliphatic rings. The highest BCUT2D eigenvalue weighted by atomic mass is 16.2. The van der Waals surface area contributed by atoms with Gasteiger partial charge in [-0.1, -0.05) is 6.07 Å². The van der Waals surface area contributed by atoms with Gasteiger partial charge in [-0.05, 0) is 43.2 Å². The summed E-state index contributed by atoms with van der Waals surface area (Å²) >= 11 is 0. The standard InChI is InChI=1S/C18H23N5O/c1-14-4-5-16(12-15(14)2)21-17(24)13-22-8-10-23(11-9-22)18-19-6-3-7-20-18/h3-7,12H,8-11,13H2,1-2H3,(H,21,24). The molecule has 1 aromatic heterocycles. The molecule has 3 rings (SSSR count). The largest absolute Gasteiger partial charge is 0.338 e. The Morgan fingerprint density at radius 2 is 1.79 bits per heavy atom. The van der Waals surface area contributed by atoms with Gasteiger partial charge in [-0.15, -0.1) is 0 Å². The molecule has 126 valence electrons. The fourth-order valence-corrected chi connectivity index (χ4v) is 2.78. The van der Waals surface area contributed by atoms with Crippen LogP contribution in [0.2, 0.25) is 0 Å². The summed E-state index contributed by atoms with van der Waals surface area (Å²) in [5, 5.41) is 2.98. The lowest BCUT2D eigenvalue weighted by Crippen LogP contribution is -2.49. The molecule has 6 heteroatoms. The van der Waals surface area contributed by atoms with Crippen molar-refractivity contribution in [1.82, 2.24) is 14.9 Å². The quantitative estimate of drug-likeness (QED) is 0.930. The van der Waals surface area contributed by atoms with Crippen LogP contribution in [0.1, 0.15) is 11.1 Å². The van der Waals surface area contributed by atoms with Gasteiger partial charge in [0.1, 0.15) is 0 Å². The van der Waals surface area contributed by atoms with E-state index in [-0.39, 0.29) is 5.91 Å². The van der Waals surface area contributed by atoms with Crippen LogP contribution in [-0.4, -0.2) is 53.5 Å². The Bertz CT molecular complexity index is 696. The molecule has 0 aliphatic carbocycles. The lowest BCUT2D eigenvalue weighted by molar-refractivity contribution is -0.117. The summed E-state index contributed by atoms with van der Waals surface area (Å²) in [5.41, 5.74) is 3.27. The number of nitrogens with zero attached hydrogens (tertiary/aromatic N) is 4. The van der Waals surface area contributed by atoms with E-state index in [2.05, 4.69) is 38.9 Å². The third kappa shape index (κ3) is 4.08. The van der Waals surface area contributed by atoms with Crippen LogP contribution in [0.4, 0.5) is 11.6 Å². The summed E-state index contributed by atoms with van der Waals surface area (Å²) in [6.45, 7) is 7.86. The summed E-state index contributed by atoms with van der Waals surface area (Å²) in [6.07, 6.45) is 3.51. The van der Waals surface area contributed by atoms with Gasteiger partial charge in [-0.2, -0.15) is 0 Å². The van der Waals surface area contributed by atoms with Gasteiger partial charge in [0.05, 0.1) is 6.54 Å². The average Bonchev–Trinajstić information content (AvgIpc) is 2.59.